The Bertz CT molecular complexity index is 957. The lowest BCUT2D eigenvalue weighted by Gasteiger charge is -2.11. The van der Waals surface area contributed by atoms with Crippen molar-refractivity contribution in [1.29, 1.82) is 0 Å². The summed E-state index contributed by atoms with van der Waals surface area (Å²) in [5.41, 5.74) is 2.55. The number of nitrogens with zero attached hydrogens (tertiary/aromatic N) is 1. The van der Waals surface area contributed by atoms with Crippen LogP contribution < -0.4 is 14.2 Å². The van der Waals surface area contributed by atoms with Crippen LogP contribution in [0.4, 0.5) is 0 Å². The van der Waals surface area contributed by atoms with Gasteiger partial charge in [0.05, 0.1) is 14.2 Å². The first-order chi connectivity index (χ1) is 13.5. The Morgan fingerprint density at radius 2 is 1.86 bits per heavy atom. The topological polar surface area (TPSA) is 66.3 Å². The molecule has 0 saturated carbocycles. The molecule has 28 heavy (non-hydrogen) atoms. The van der Waals surface area contributed by atoms with Crippen LogP contribution in [0, 0.1) is 0 Å². The zero-order valence-electron chi connectivity index (χ0n) is 16.0. The first-order valence-corrected chi connectivity index (χ1v) is 8.62. The van der Waals surface area contributed by atoms with E-state index >= 15 is 0 Å². The monoisotopic (exact) mass is 379 g/mol. The van der Waals surface area contributed by atoms with E-state index in [1.807, 2.05) is 13.0 Å². The van der Waals surface area contributed by atoms with Gasteiger partial charge in [-0.05, 0) is 60.5 Å². The Morgan fingerprint density at radius 1 is 1.11 bits per heavy atom. The van der Waals surface area contributed by atoms with Gasteiger partial charge in [-0.15, -0.1) is 0 Å². The molecular formula is C22H21NO5. The molecule has 0 unspecified atom stereocenters. The molecule has 0 spiro atoms. The molecular weight excluding hydrogens is 358 g/mol. The van der Waals surface area contributed by atoms with Gasteiger partial charge >= 0.3 is 5.97 Å². The minimum Gasteiger partial charge on any atom is -0.497 e. The van der Waals surface area contributed by atoms with Gasteiger partial charge in [-0.3, -0.25) is 0 Å². The molecule has 6 heteroatoms. The molecule has 0 amide bonds. The number of cyclic esters (lactones) is 1. The molecule has 1 aliphatic rings. The molecule has 0 atom stereocenters. The summed E-state index contributed by atoms with van der Waals surface area (Å²) in [6.07, 6.45) is 1.64. The van der Waals surface area contributed by atoms with Crippen LogP contribution in [0.15, 0.2) is 65.3 Å². The molecule has 1 aliphatic heterocycles. The summed E-state index contributed by atoms with van der Waals surface area (Å²) in [5, 5.41) is 0. The maximum absolute atomic E-state index is 12.2. The number of aliphatic imine (C=N–C) groups is 1. The minimum atomic E-state index is -0.507. The summed E-state index contributed by atoms with van der Waals surface area (Å²) >= 11 is 0. The predicted molar refractivity (Wildman–Crippen MR) is 107 cm³/mol. The highest BCUT2D eigenvalue weighted by Crippen LogP contribution is 2.30. The van der Waals surface area contributed by atoms with E-state index in [9.17, 15) is 4.79 Å². The summed E-state index contributed by atoms with van der Waals surface area (Å²) in [5.74, 6) is 1.62. The lowest BCUT2D eigenvalue weighted by atomic mass is 10.1. The fourth-order valence-corrected chi connectivity index (χ4v) is 2.52. The van der Waals surface area contributed by atoms with Gasteiger partial charge in [0.2, 0.25) is 5.90 Å². The van der Waals surface area contributed by atoms with Gasteiger partial charge in [0.25, 0.3) is 0 Å². The molecule has 3 rings (SSSR count). The maximum atomic E-state index is 12.2. The minimum absolute atomic E-state index is 0.212. The van der Waals surface area contributed by atoms with Crippen LogP contribution in [-0.4, -0.2) is 32.7 Å². The van der Waals surface area contributed by atoms with E-state index in [2.05, 4.69) is 11.6 Å². The number of carbonyl (C=O) groups is 1. The van der Waals surface area contributed by atoms with Gasteiger partial charge < -0.3 is 18.9 Å². The lowest BCUT2D eigenvalue weighted by molar-refractivity contribution is -0.129. The van der Waals surface area contributed by atoms with Crippen molar-refractivity contribution in [2.45, 2.75) is 6.92 Å². The van der Waals surface area contributed by atoms with Crippen LogP contribution >= 0.6 is 0 Å². The number of benzene rings is 2. The van der Waals surface area contributed by atoms with Gasteiger partial charge in [0.1, 0.15) is 12.4 Å². The van der Waals surface area contributed by atoms with Crippen molar-refractivity contribution in [3.63, 3.8) is 0 Å². The zero-order chi connectivity index (χ0) is 20.1. The molecule has 2 aromatic carbocycles. The molecule has 144 valence electrons. The summed E-state index contributed by atoms with van der Waals surface area (Å²) in [7, 11) is 3.15. The van der Waals surface area contributed by atoms with Crippen LogP contribution in [0.25, 0.3) is 6.08 Å². The van der Waals surface area contributed by atoms with E-state index in [1.54, 1.807) is 56.7 Å². The Kier molecular flexibility index (Phi) is 5.79. The number of hydrogen-bond acceptors (Lipinski definition) is 6. The predicted octanol–water partition coefficient (Wildman–Crippen LogP) is 4.00. The molecule has 2 aromatic rings. The second kappa shape index (κ2) is 8.43. The number of esters is 1. The van der Waals surface area contributed by atoms with Crippen LogP contribution in [0.5, 0.6) is 17.2 Å². The van der Waals surface area contributed by atoms with Gasteiger partial charge in [-0.2, -0.15) is 0 Å². The van der Waals surface area contributed by atoms with Crippen molar-refractivity contribution in [1.82, 2.24) is 0 Å². The summed E-state index contributed by atoms with van der Waals surface area (Å²) in [4.78, 5) is 16.5. The van der Waals surface area contributed by atoms with Crippen molar-refractivity contribution in [2.75, 3.05) is 20.8 Å². The first kappa shape index (κ1) is 19.2. The third-order valence-electron chi connectivity index (χ3n) is 3.92. The lowest BCUT2D eigenvalue weighted by Crippen LogP contribution is -2.05. The van der Waals surface area contributed by atoms with Gasteiger partial charge in [-0.1, -0.05) is 12.6 Å². The van der Waals surface area contributed by atoms with Crippen LogP contribution in [0.1, 0.15) is 18.1 Å². The van der Waals surface area contributed by atoms with E-state index in [0.717, 1.165) is 11.1 Å². The Morgan fingerprint density at radius 3 is 2.50 bits per heavy atom. The molecule has 1 heterocycles. The standard InChI is InChI=1S/C22H21NO5/c1-14(2)13-27-19-10-5-15(12-20(19)26-4)11-18-22(24)28-21(23-18)16-6-8-17(25-3)9-7-16/h5-12H,1,13H2,2-4H3/b18-11+. The third kappa shape index (κ3) is 4.40. The van der Waals surface area contributed by atoms with Crippen molar-refractivity contribution in [3.8, 4) is 17.2 Å². The van der Waals surface area contributed by atoms with Gasteiger partial charge in [-0.25, -0.2) is 9.79 Å². The summed E-state index contributed by atoms with van der Waals surface area (Å²) in [6, 6.07) is 12.5. The molecule has 0 N–H and O–H groups in total. The summed E-state index contributed by atoms with van der Waals surface area (Å²) < 4.78 is 21.4. The first-order valence-electron chi connectivity index (χ1n) is 8.62. The van der Waals surface area contributed by atoms with E-state index in [0.29, 0.717) is 29.4 Å². The Labute approximate surface area is 163 Å². The number of ether oxygens (including phenoxy) is 4. The fraction of sp³-hybridized carbons (Fsp3) is 0.182. The fourth-order valence-electron chi connectivity index (χ4n) is 2.52. The average Bonchev–Trinajstić information content (AvgIpc) is 3.07. The molecule has 0 fully saturated rings. The molecule has 0 saturated heterocycles. The highest BCUT2D eigenvalue weighted by atomic mass is 16.6. The highest BCUT2D eigenvalue weighted by molar-refractivity contribution is 6.12. The summed E-state index contributed by atoms with van der Waals surface area (Å²) in [6.45, 7) is 6.10. The average molecular weight is 379 g/mol. The molecule has 0 aromatic heterocycles. The number of hydrogen-bond donors (Lipinski definition) is 0. The normalized spacial score (nSPS) is 14.5. The number of rotatable bonds is 7. The van der Waals surface area contributed by atoms with E-state index in [4.69, 9.17) is 18.9 Å². The van der Waals surface area contributed by atoms with E-state index < -0.39 is 5.97 Å². The van der Waals surface area contributed by atoms with Crippen LogP contribution in [0.3, 0.4) is 0 Å². The van der Waals surface area contributed by atoms with Crippen molar-refractivity contribution in [2.24, 2.45) is 4.99 Å². The van der Waals surface area contributed by atoms with Gasteiger partial charge in [0.15, 0.2) is 17.2 Å². The zero-order valence-corrected chi connectivity index (χ0v) is 16.0. The van der Waals surface area contributed by atoms with Gasteiger partial charge in [0, 0.05) is 5.56 Å². The van der Waals surface area contributed by atoms with Crippen molar-refractivity contribution < 1.29 is 23.7 Å². The van der Waals surface area contributed by atoms with Crippen LogP contribution in [0.2, 0.25) is 0 Å². The van der Waals surface area contributed by atoms with Crippen molar-refractivity contribution in [3.05, 3.63) is 71.4 Å². The third-order valence-corrected chi connectivity index (χ3v) is 3.92. The molecule has 0 bridgehead atoms. The number of methoxy groups -OCH3 is 2. The second-order valence-corrected chi connectivity index (χ2v) is 6.22. The smallest absolute Gasteiger partial charge is 0.363 e. The maximum Gasteiger partial charge on any atom is 0.363 e. The van der Waals surface area contributed by atoms with Crippen LogP contribution in [-0.2, 0) is 9.53 Å². The molecule has 0 aliphatic carbocycles. The SMILES string of the molecule is C=C(C)COc1ccc(/C=C2/N=C(c3ccc(OC)cc3)OC2=O)cc1OC. The Balaban J connectivity index is 1.84. The largest absolute Gasteiger partial charge is 0.497 e. The van der Waals surface area contributed by atoms with E-state index in [-0.39, 0.29) is 11.6 Å². The Hall–Kier alpha value is -3.54. The number of carbonyl (C=O) groups excluding carboxylic acids is 1. The highest BCUT2D eigenvalue weighted by Gasteiger charge is 2.24. The quantitative estimate of drug-likeness (QED) is 0.413. The van der Waals surface area contributed by atoms with Crippen molar-refractivity contribution >= 4 is 17.9 Å². The molecule has 0 radical (unpaired) electrons. The van der Waals surface area contributed by atoms with E-state index in [1.165, 1.54) is 0 Å². The molecule has 6 nitrogen and oxygen atoms in total. The second-order valence-electron chi connectivity index (χ2n) is 6.22.